The standard InChI is InChI=1S/C9H16N2O2.ClH/c1-2-11-7-9(13-8(11)12)4-3-5-10-6-9;/h10H,2-7H2,1H3;1H. The lowest BCUT2D eigenvalue weighted by atomic mass is 9.94. The Labute approximate surface area is 90.4 Å². The van der Waals surface area contributed by atoms with E-state index in [9.17, 15) is 4.79 Å². The summed E-state index contributed by atoms with van der Waals surface area (Å²) < 4.78 is 5.42. The molecule has 4 nitrogen and oxygen atoms in total. The molecular weight excluding hydrogens is 204 g/mol. The lowest BCUT2D eigenvalue weighted by molar-refractivity contribution is 0.0366. The number of nitrogens with zero attached hydrogens (tertiary/aromatic N) is 1. The molecule has 2 aliphatic heterocycles. The monoisotopic (exact) mass is 220 g/mol. The van der Waals surface area contributed by atoms with Crippen molar-refractivity contribution < 1.29 is 9.53 Å². The Morgan fingerprint density at radius 1 is 1.64 bits per heavy atom. The lowest BCUT2D eigenvalue weighted by Gasteiger charge is -2.31. The highest BCUT2D eigenvalue weighted by Gasteiger charge is 2.44. The molecule has 0 aromatic carbocycles. The van der Waals surface area contributed by atoms with Gasteiger partial charge in [0.2, 0.25) is 0 Å². The number of hydrogen-bond acceptors (Lipinski definition) is 3. The summed E-state index contributed by atoms with van der Waals surface area (Å²) >= 11 is 0. The van der Waals surface area contributed by atoms with E-state index in [4.69, 9.17) is 4.74 Å². The van der Waals surface area contributed by atoms with Crippen LogP contribution >= 0.6 is 12.4 Å². The SMILES string of the molecule is CCN1CC2(CCCNC2)OC1=O.Cl. The minimum atomic E-state index is -0.217. The van der Waals surface area contributed by atoms with Crippen molar-refractivity contribution in [3.63, 3.8) is 0 Å². The quantitative estimate of drug-likeness (QED) is 0.717. The molecule has 1 unspecified atom stereocenters. The third-order valence-corrected chi connectivity index (χ3v) is 2.86. The largest absolute Gasteiger partial charge is 0.440 e. The number of carbonyl (C=O) groups excluding carboxylic acids is 1. The molecular formula is C9H17ClN2O2. The van der Waals surface area contributed by atoms with Crippen LogP contribution < -0.4 is 5.32 Å². The van der Waals surface area contributed by atoms with Crippen LogP contribution in [0.4, 0.5) is 4.79 Å². The van der Waals surface area contributed by atoms with Gasteiger partial charge >= 0.3 is 6.09 Å². The summed E-state index contributed by atoms with van der Waals surface area (Å²) in [5.41, 5.74) is -0.217. The van der Waals surface area contributed by atoms with Gasteiger partial charge in [-0.2, -0.15) is 0 Å². The molecule has 0 aromatic rings. The zero-order chi connectivity index (χ0) is 9.31. The number of carbonyl (C=O) groups is 1. The molecule has 0 radical (unpaired) electrons. The highest BCUT2D eigenvalue weighted by Crippen LogP contribution is 2.28. The minimum Gasteiger partial charge on any atom is -0.440 e. The predicted octanol–water partition coefficient (Wildman–Crippen LogP) is 1.00. The number of rotatable bonds is 1. The zero-order valence-corrected chi connectivity index (χ0v) is 9.23. The fourth-order valence-corrected chi connectivity index (χ4v) is 2.10. The second-order valence-corrected chi connectivity index (χ2v) is 3.85. The number of halogens is 1. The first-order chi connectivity index (χ1) is 6.26. The summed E-state index contributed by atoms with van der Waals surface area (Å²) in [6, 6.07) is 0. The van der Waals surface area contributed by atoms with Gasteiger partial charge in [-0.15, -0.1) is 12.4 Å². The van der Waals surface area contributed by atoms with Crippen LogP contribution in [-0.4, -0.2) is 42.8 Å². The van der Waals surface area contributed by atoms with Gasteiger partial charge in [0.05, 0.1) is 6.54 Å². The second-order valence-electron chi connectivity index (χ2n) is 3.85. The van der Waals surface area contributed by atoms with Gasteiger partial charge in [0.15, 0.2) is 0 Å². The summed E-state index contributed by atoms with van der Waals surface area (Å²) in [5.74, 6) is 0. The summed E-state index contributed by atoms with van der Waals surface area (Å²) in [5, 5.41) is 3.28. The van der Waals surface area contributed by atoms with E-state index in [0.717, 1.165) is 39.0 Å². The molecule has 2 heterocycles. The van der Waals surface area contributed by atoms with Crippen LogP contribution in [0.2, 0.25) is 0 Å². The Hall–Kier alpha value is -0.480. The smallest absolute Gasteiger partial charge is 0.410 e. The molecule has 1 spiro atoms. The third-order valence-electron chi connectivity index (χ3n) is 2.86. The molecule has 1 amide bonds. The first-order valence-electron chi connectivity index (χ1n) is 4.94. The maximum atomic E-state index is 11.4. The summed E-state index contributed by atoms with van der Waals surface area (Å²) in [4.78, 5) is 13.1. The number of amides is 1. The van der Waals surface area contributed by atoms with Crippen molar-refractivity contribution in [2.75, 3.05) is 26.2 Å². The number of nitrogens with one attached hydrogen (secondary N) is 1. The first kappa shape index (κ1) is 11.6. The number of piperidine rings is 1. The van der Waals surface area contributed by atoms with E-state index in [2.05, 4.69) is 5.32 Å². The molecule has 2 fully saturated rings. The molecule has 0 saturated carbocycles. The van der Waals surface area contributed by atoms with Crippen molar-refractivity contribution in [2.24, 2.45) is 0 Å². The fraction of sp³-hybridized carbons (Fsp3) is 0.889. The maximum Gasteiger partial charge on any atom is 0.410 e. The third kappa shape index (κ3) is 1.96. The molecule has 0 aromatic heterocycles. The lowest BCUT2D eigenvalue weighted by Crippen LogP contribution is -2.48. The zero-order valence-electron chi connectivity index (χ0n) is 8.41. The van der Waals surface area contributed by atoms with E-state index < -0.39 is 0 Å². The first-order valence-corrected chi connectivity index (χ1v) is 4.94. The van der Waals surface area contributed by atoms with Crippen LogP contribution in [0.25, 0.3) is 0 Å². The Kier molecular flexibility index (Phi) is 3.61. The Bertz CT molecular complexity index is 217. The average Bonchev–Trinajstić information content (AvgIpc) is 2.44. The Balaban J connectivity index is 0.000000980. The van der Waals surface area contributed by atoms with Crippen molar-refractivity contribution in [3.05, 3.63) is 0 Å². The molecule has 82 valence electrons. The van der Waals surface area contributed by atoms with Crippen LogP contribution in [0.15, 0.2) is 0 Å². The predicted molar refractivity (Wildman–Crippen MR) is 55.8 cm³/mol. The average molecular weight is 221 g/mol. The van der Waals surface area contributed by atoms with Crippen molar-refractivity contribution in [3.8, 4) is 0 Å². The van der Waals surface area contributed by atoms with Gasteiger partial charge in [-0.1, -0.05) is 0 Å². The number of likely N-dealkylation sites (N-methyl/N-ethyl adjacent to an activating group) is 1. The fourth-order valence-electron chi connectivity index (χ4n) is 2.10. The van der Waals surface area contributed by atoms with Gasteiger partial charge in [0, 0.05) is 13.1 Å². The van der Waals surface area contributed by atoms with Crippen molar-refractivity contribution in [2.45, 2.75) is 25.4 Å². The van der Waals surface area contributed by atoms with Gasteiger partial charge in [0.1, 0.15) is 5.60 Å². The van der Waals surface area contributed by atoms with Crippen LogP contribution in [-0.2, 0) is 4.74 Å². The summed E-state index contributed by atoms with van der Waals surface area (Å²) in [6.07, 6.45) is 1.96. The van der Waals surface area contributed by atoms with Gasteiger partial charge in [-0.3, -0.25) is 0 Å². The second kappa shape index (κ2) is 4.36. The number of ether oxygens (including phenoxy) is 1. The van der Waals surface area contributed by atoms with Crippen LogP contribution in [0.1, 0.15) is 19.8 Å². The van der Waals surface area contributed by atoms with Gasteiger partial charge in [0.25, 0.3) is 0 Å². The van der Waals surface area contributed by atoms with Crippen molar-refractivity contribution in [1.82, 2.24) is 10.2 Å². The normalized spacial score (nSPS) is 31.5. The van der Waals surface area contributed by atoms with Crippen molar-refractivity contribution >= 4 is 18.5 Å². The highest BCUT2D eigenvalue weighted by molar-refractivity contribution is 5.85. The minimum absolute atomic E-state index is 0. The van der Waals surface area contributed by atoms with E-state index in [0.29, 0.717) is 0 Å². The van der Waals surface area contributed by atoms with Crippen LogP contribution in [0.5, 0.6) is 0 Å². The summed E-state index contributed by atoms with van der Waals surface area (Å²) in [6.45, 7) is 5.35. The molecule has 0 bridgehead atoms. The maximum absolute atomic E-state index is 11.4. The molecule has 1 N–H and O–H groups in total. The summed E-state index contributed by atoms with van der Waals surface area (Å²) in [7, 11) is 0. The van der Waals surface area contributed by atoms with Gasteiger partial charge in [-0.25, -0.2) is 4.79 Å². The Morgan fingerprint density at radius 3 is 2.93 bits per heavy atom. The van der Waals surface area contributed by atoms with E-state index in [1.54, 1.807) is 4.90 Å². The topological polar surface area (TPSA) is 41.6 Å². The van der Waals surface area contributed by atoms with Crippen LogP contribution in [0.3, 0.4) is 0 Å². The molecule has 14 heavy (non-hydrogen) atoms. The highest BCUT2D eigenvalue weighted by atomic mass is 35.5. The molecule has 1 atom stereocenters. The van der Waals surface area contributed by atoms with Crippen molar-refractivity contribution in [1.29, 1.82) is 0 Å². The molecule has 2 rings (SSSR count). The van der Waals surface area contributed by atoms with E-state index in [-0.39, 0.29) is 24.1 Å². The molecule has 2 saturated heterocycles. The van der Waals surface area contributed by atoms with E-state index in [1.165, 1.54) is 0 Å². The van der Waals surface area contributed by atoms with E-state index in [1.807, 2.05) is 6.92 Å². The molecule has 0 aliphatic carbocycles. The molecule has 5 heteroatoms. The van der Waals surface area contributed by atoms with Crippen LogP contribution in [0, 0.1) is 0 Å². The van der Waals surface area contributed by atoms with Gasteiger partial charge < -0.3 is 15.0 Å². The van der Waals surface area contributed by atoms with Gasteiger partial charge in [-0.05, 0) is 26.3 Å². The van der Waals surface area contributed by atoms with E-state index >= 15 is 0 Å². The Morgan fingerprint density at radius 2 is 2.43 bits per heavy atom. The number of hydrogen-bond donors (Lipinski definition) is 1. The molecule has 2 aliphatic rings.